The number of methoxy groups -OCH3 is 2. The molecular weight excluding hydrogens is 1140 g/mol. The summed E-state index contributed by atoms with van der Waals surface area (Å²) in [5, 5.41) is 16.3. The second-order valence-electron chi connectivity index (χ2n) is 21.7. The fourth-order valence-corrected chi connectivity index (χ4v) is 10.5. The summed E-state index contributed by atoms with van der Waals surface area (Å²) in [4.78, 5) is 89.2. The lowest BCUT2D eigenvalue weighted by Gasteiger charge is -2.34. The average Bonchev–Trinajstić information content (AvgIpc) is 3.31. The number of carbonyl (C=O) groups is 6. The van der Waals surface area contributed by atoms with Crippen molar-refractivity contribution in [3.05, 3.63) is 180 Å². The minimum atomic E-state index is -0.809. The van der Waals surface area contributed by atoms with Gasteiger partial charge < -0.3 is 41.0 Å². The Bertz CT molecular complexity index is 3520. The van der Waals surface area contributed by atoms with Crippen molar-refractivity contribution < 1.29 is 38.2 Å². The van der Waals surface area contributed by atoms with Crippen molar-refractivity contribution in [1.29, 1.82) is 0 Å². The maximum atomic E-state index is 14.3. The first-order valence-electron chi connectivity index (χ1n) is 28.8. The van der Waals surface area contributed by atoms with Crippen LogP contribution < -0.4 is 21.7 Å². The van der Waals surface area contributed by atoms with Crippen molar-refractivity contribution in [2.45, 2.75) is 102 Å². The molecule has 0 aliphatic heterocycles. The smallest absolute Gasteiger partial charge is 0.307 e. The lowest BCUT2D eigenvalue weighted by molar-refractivity contribution is -0.146. The summed E-state index contributed by atoms with van der Waals surface area (Å²) in [5.74, 6) is -1.59. The molecule has 0 saturated heterocycles. The van der Waals surface area contributed by atoms with Gasteiger partial charge in [0.1, 0.15) is 12.1 Å². The summed E-state index contributed by atoms with van der Waals surface area (Å²) in [5.41, 5.74) is 12.3. The molecule has 0 radical (unpaired) electrons. The fourth-order valence-electron chi connectivity index (χ4n) is 10.1. The first-order valence-corrected chi connectivity index (χ1v) is 29.9. The van der Waals surface area contributed by atoms with Crippen molar-refractivity contribution in [3.8, 4) is 0 Å². The third-order valence-electron chi connectivity index (χ3n) is 14.6. The van der Waals surface area contributed by atoms with E-state index in [1.54, 1.807) is 18.1 Å². The lowest BCUT2D eigenvalue weighted by atomic mass is 9.97. The van der Waals surface area contributed by atoms with Crippen LogP contribution in [0.25, 0.3) is 43.4 Å². The molecular formula is C68H81BrN8O8. The first kappa shape index (κ1) is 66.0. The molecule has 8 rings (SSSR count). The molecule has 5 N–H and O–H groups in total. The Kier molecular flexibility index (Phi) is 25.9. The summed E-state index contributed by atoms with van der Waals surface area (Å²) in [7, 11) is 5.72. The van der Waals surface area contributed by atoms with Crippen LogP contribution in [0.2, 0.25) is 0 Å². The third kappa shape index (κ3) is 19.7. The Hall–Kier alpha value is -8.12. The highest BCUT2D eigenvalue weighted by atomic mass is 79.9. The number of alkyl halides is 1. The highest BCUT2D eigenvalue weighted by molar-refractivity contribution is 9.08. The molecule has 17 heteroatoms. The van der Waals surface area contributed by atoms with Crippen LogP contribution in [0.15, 0.2) is 158 Å². The molecule has 0 unspecified atom stereocenters. The molecule has 2 heterocycles. The van der Waals surface area contributed by atoms with Gasteiger partial charge in [0, 0.05) is 75.1 Å². The zero-order valence-corrected chi connectivity index (χ0v) is 51.6. The van der Waals surface area contributed by atoms with Crippen molar-refractivity contribution in [2.75, 3.05) is 41.4 Å². The van der Waals surface area contributed by atoms with E-state index in [0.29, 0.717) is 32.2 Å². The van der Waals surface area contributed by atoms with Gasteiger partial charge in [-0.15, -0.1) is 0 Å². The topological polar surface area (TPSA) is 215 Å². The van der Waals surface area contributed by atoms with E-state index in [0.717, 1.165) is 60.0 Å². The molecule has 448 valence electrons. The standard InChI is InChI=1S/C34H40N4O4.C24H33N3O4.C10H8BrN/c1-23(2)18-30(37-22-25-12-14-29-28(20-25)10-7-16-36-29)34(41)38(17-15-32(39)42-4)31(33(40)35-3)21-24-11-13-26-8-5-6-9-27(26)19-24;1-16(2)13-20(25)24(30)27(12-11-22(28)31-4)21(23(29)26-3)15-17-9-10-18-7-5-6-8-19(18)14-17;11-7-8-3-4-10-9(6-8)2-1-5-12-10/h5-14,16,19-20,23,30-31,37H,15,17-18,21-22H2,1-4H3,(H,35,40);5-10,14,16,20-21H,11-13,15,25H2,1-4H3,(H,26,29);1-6H,7H2/t30-,31-;20-,21-;/m00./s1. The molecule has 4 amide bonds. The van der Waals surface area contributed by atoms with Crippen LogP contribution in [0, 0.1) is 11.8 Å². The van der Waals surface area contributed by atoms with E-state index < -0.39 is 36.1 Å². The summed E-state index contributed by atoms with van der Waals surface area (Å²) in [6.45, 7) is 8.68. The number of pyridine rings is 2. The van der Waals surface area contributed by atoms with Gasteiger partial charge in [-0.1, -0.05) is 153 Å². The van der Waals surface area contributed by atoms with E-state index in [2.05, 4.69) is 80.0 Å². The largest absolute Gasteiger partial charge is 0.469 e. The van der Waals surface area contributed by atoms with Gasteiger partial charge in [0.2, 0.25) is 23.6 Å². The minimum absolute atomic E-state index is 0.0121. The summed E-state index contributed by atoms with van der Waals surface area (Å²) >= 11 is 3.42. The SMILES string of the molecule is BrCc1ccc2ncccc2c1.CNC(=O)[C@H](Cc1ccc2ccccc2c1)N(CCC(=O)OC)C(=O)[C@@H](N)CC(C)C.CNC(=O)[C@H](Cc1ccc2ccccc2c1)N(CCC(=O)OC)C(=O)[C@H](CC(C)C)NCc1ccc2ncccc2c1. The Morgan fingerprint density at radius 2 is 0.929 bits per heavy atom. The van der Waals surface area contributed by atoms with Crippen molar-refractivity contribution >= 4 is 94.8 Å². The summed E-state index contributed by atoms with van der Waals surface area (Å²) in [6, 6.07) is 45.4. The van der Waals surface area contributed by atoms with E-state index in [-0.39, 0.29) is 61.4 Å². The number of fused-ring (bicyclic) bond motifs is 4. The fraction of sp³-hybridized carbons (Fsp3) is 0.353. The number of nitrogens with two attached hydrogens (primary N) is 1. The molecule has 85 heavy (non-hydrogen) atoms. The summed E-state index contributed by atoms with van der Waals surface area (Å²) < 4.78 is 9.61. The number of aromatic nitrogens is 2. The van der Waals surface area contributed by atoms with E-state index in [1.807, 2.05) is 141 Å². The van der Waals surface area contributed by atoms with Crippen LogP contribution in [0.4, 0.5) is 0 Å². The van der Waals surface area contributed by atoms with Gasteiger partial charge in [-0.05, 0) is 105 Å². The number of nitrogens with one attached hydrogen (secondary N) is 3. The zero-order valence-electron chi connectivity index (χ0n) is 50.1. The maximum Gasteiger partial charge on any atom is 0.307 e. The van der Waals surface area contributed by atoms with Gasteiger partial charge in [0.25, 0.3) is 0 Å². The van der Waals surface area contributed by atoms with Gasteiger partial charge in [-0.2, -0.15) is 0 Å². The van der Waals surface area contributed by atoms with Crippen LogP contribution in [0.3, 0.4) is 0 Å². The van der Waals surface area contributed by atoms with Crippen LogP contribution in [-0.2, 0) is 63.0 Å². The van der Waals surface area contributed by atoms with Crippen LogP contribution >= 0.6 is 15.9 Å². The number of esters is 2. The van der Waals surface area contributed by atoms with Gasteiger partial charge in [0.05, 0.1) is 50.2 Å². The van der Waals surface area contributed by atoms with Crippen LogP contribution in [0.1, 0.15) is 75.6 Å². The Morgan fingerprint density at radius 1 is 0.518 bits per heavy atom. The molecule has 0 spiro atoms. The van der Waals surface area contributed by atoms with Crippen LogP contribution in [-0.4, -0.2) is 121 Å². The Labute approximate surface area is 507 Å². The monoisotopic (exact) mass is 1220 g/mol. The van der Waals surface area contributed by atoms with E-state index in [1.165, 1.54) is 37.1 Å². The summed E-state index contributed by atoms with van der Waals surface area (Å²) in [6.07, 6.45) is 5.23. The van der Waals surface area contributed by atoms with Crippen LogP contribution in [0.5, 0.6) is 0 Å². The molecule has 0 aliphatic rings. The number of rotatable bonds is 24. The molecule has 6 aromatic carbocycles. The molecule has 4 atom stereocenters. The van der Waals surface area contributed by atoms with Gasteiger partial charge >= 0.3 is 11.9 Å². The highest BCUT2D eigenvalue weighted by Gasteiger charge is 2.35. The van der Waals surface area contributed by atoms with Gasteiger partial charge in [-0.3, -0.25) is 38.7 Å². The van der Waals surface area contributed by atoms with Crippen molar-refractivity contribution in [3.63, 3.8) is 0 Å². The number of hydrogen-bond acceptors (Lipinski definition) is 12. The molecule has 8 aromatic rings. The molecule has 16 nitrogen and oxygen atoms in total. The van der Waals surface area contributed by atoms with Crippen molar-refractivity contribution in [2.24, 2.45) is 17.6 Å². The van der Waals surface area contributed by atoms with Gasteiger partial charge in [-0.25, -0.2) is 0 Å². The number of halogens is 1. The number of ether oxygens (including phenoxy) is 2. The zero-order chi connectivity index (χ0) is 61.4. The Morgan fingerprint density at radius 3 is 1.38 bits per heavy atom. The second kappa shape index (κ2) is 33.4. The Balaban J connectivity index is 0.000000234. The quantitative estimate of drug-likeness (QED) is 0.0329. The number of carbonyl (C=O) groups excluding carboxylic acids is 6. The number of amides is 4. The second-order valence-corrected chi connectivity index (χ2v) is 22.3. The number of likely N-dealkylation sites (N-methyl/N-ethyl adjacent to an activating group) is 2. The van der Waals surface area contributed by atoms with E-state index in [4.69, 9.17) is 15.2 Å². The lowest BCUT2D eigenvalue weighted by Crippen LogP contribution is -2.56. The third-order valence-corrected chi connectivity index (χ3v) is 15.2. The van der Waals surface area contributed by atoms with E-state index in [9.17, 15) is 28.8 Å². The van der Waals surface area contributed by atoms with Gasteiger partial charge in [0.15, 0.2) is 0 Å². The number of nitrogens with zero attached hydrogens (tertiary/aromatic N) is 4. The molecule has 0 fully saturated rings. The normalized spacial score (nSPS) is 12.5. The maximum absolute atomic E-state index is 14.3. The molecule has 0 bridgehead atoms. The molecule has 2 aromatic heterocycles. The predicted molar refractivity (Wildman–Crippen MR) is 341 cm³/mol. The molecule has 0 aliphatic carbocycles. The van der Waals surface area contributed by atoms with E-state index >= 15 is 0 Å². The predicted octanol–water partition coefficient (Wildman–Crippen LogP) is 10.0. The minimum Gasteiger partial charge on any atom is -0.469 e. The number of benzene rings is 6. The van der Waals surface area contributed by atoms with Crippen molar-refractivity contribution in [1.82, 2.24) is 35.7 Å². The first-order chi connectivity index (χ1) is 40.9. The average molecular weight is 1220 g/mol. The number of hydrogen-bond donors (Lipinski definition) is 4. The molecule has 0 saturated carbocycles. The highest BCUT2D eigenvalue weighted by Crippen LogP contribution is 2.23.